The van der Waals surface area contributed by atoms with E-state index >= 15 is 0 Å². The zero-order valence-corrected chi connectivity index (χ0v) is 15.6. The molecule has 0 unspecified atom stereocenters. The van der Waals surface area contributed by atoms with Crippen LogP contribution < -0.4 is 0 Å². The van der Waals surface area contributed by atoms with Crippen LogP contribution in [0, 0.1) is 0 Å². The number of hydrogen-bond donors (Lipinski definition) is 1. The van der Waals surface area contributed by atoms with Crippen LogP contribution in [0.1, 0.15) is 0 Å². The lowest BCUT2D eigenvalue weighted by Gasteiger charge is -2.43. The van der Waals surface area contributed by atoms with E-state index in [1.807, 2.05) is 0 Å². The molecule has 0 atom stereocenters. The van der Waals surface area contributed by atoms with Crippen molar-refractivity contribution in [1.29, 1.82) is 0 Å². The van der Waals surface area contributed by atoms with Crippen LogP contribution in [0.2, 0.25) is 0 Å². The molecule has 0 aliphatic rings. The molecule has 0 spiro atoms. The van der Waals surface area contributed by atoms with Gasteiger partial charge in [0.2, 0.25) is 0 Å². The van der Waals surface area contributed by atoms with Crippen molar-refractivity contribution in [2.45, 2.75) is 53.7 Å². The van der Waals surface area contributed by atoms with Gasteiger partial charge in [-0.1, -0.05) is 0 Å². The largest absolute Gasteiger partial charge is 0.480 e. The first-order chi connectivity index (χ1) is 15.3. The zero-order valence-electron chi connectivity index (χ0n) is 15.6. The molecule has 0 amide bonds. The highest BCUT2D eigenvalue weighted by Gasteiger charge is 2.95. The third-order valence-electron chi connectivity index (χ3n) is 3.70. The van der Waals surface area contributed by atoms with Crippen molar-refractivity contribution in [3.63, 3.8) is 0 Å². The quantitative estimate of drug-likeness (QED) is 0.279. The van der Waals surface area contributed by atoms with Crippen LogP contribution >= 0.6 is 0 Å². The van der Waals surface area contributed by atoms with Crippen LogP contribution in [0.4, 0.5) is 87.8 Å². The summed E-state index contributed by atoms with van der Waals surface area (Å²) in [6.45, 7) is -2.79. The Morgan fingerprint density at radius 3 is 1.19 bits per heavy atom. The first kappa shape index (κ1) is 33.8. The second-order valence-corrected chi connectivity index (χ2v) is 6.25. The predicted molar refractivity (Wildman–Crippen MR) is 68.4 cm³/mol. The van der Waals surface area contributed by atoms with Gasteiger partial charge in [-0.15, -0.1) is 0 Å². The SMILES string of the molecule is O=C(O)COC(F)(F)C(F)(F)C(F)(F)C(F)(F)C(F)(F)C(F)(F)C(F)(F)C(F)(F)C(F)=CC(F)(F)F. The summed E-state index contributed by atoms with van der Waals surface area (Å²) < 4.78 is 264. The number of hydrogen-bond acceptors (Lipinski definition) is 2. The highest BCUT2D eigenvalue weighted by atomic mass is 19.4. The Morgan fingerprint density at radius 1 is 0.583 bits per heavy atom. The molecule has 0 aromatic heterocycles. The summed E-state index contributed by atoms with van der Waals surface area (Å²) in [7, 11) is 0. The van der Waals surface area contributed by atoms with Gasteiger partial charge in [0, 0.05) is 0 Å². The van der Waals surface area contributed by atoms with Gasteiger partial charge >= 0.3 is 59.7 Å². The Morgan fingerprint density at radius 2 is 0.889 bits per heavy atom. The van der Waals surface area contributed by atoms with E-state index in [1.165, 1.54) is 0 Å². The summed E-state index contributed by atoms with van der Waals surface area (Å²) in [6, 6.07) is 0. The molecule has 0 bridgehead atoms. The highest BCUT2D eigenvalue weighted by Crippen LogP contribution is 2.64. The monoisotopic (exact) mass is 588 g/mol. The van der Waals surface area contributed by atoms with Crippen molar-refractivity contribution in [3.05, 3.63) is 11.9 Å². The number of carbonyl (C=O) groups is 1. The number of aliphatic carboxylic acids is 1. The first-order valence-electron chi connectivity index (χ1n) is 7.63. The van der Waals surface area contributed by atoms with Gasteiger partial charge in [0.25, 0.3) is 0 Å². The maximum absolute atomic E-state index is 13.5. The minimum absolute atomic E-state index is 2.27. The van der Waals surface area contributed by atoms with E-state index in [9.17, 15) is 92.6 Å². The van der Waals surface area contributed by atoms with Crippen molar-refractivity contribution >= 4 is 5.97 Å². The molecule has 0 heterocycles. The minimum Gasteiger partial charge on any atom is -0.480 e. The Kier molecular flexibility index (Phi) is 8.40. The molecule has 0 saturated heterocycles. The van der Waals surface area contributed by atoms with Crippen molar-refractivity contribution < 1.29 is 102 Å². The predicted octanol–water partition coefficient (Wildman–Crippen LogP) is 6.54. The molecule has 0 aromatic rings. The third kappa shape index (κ3) is 4.97. The zero-order chi connectivity index (χ0) is 29.8. The fourth-order valence-corrected chi connectivity index (χ4v) is 1.80. The van der Waals surface area contributed by atoms with Gasteiger partial charge in [0.1, 0.15) is 0 Å². The molecule has 0 aliphatic heterocycles. The van der Waals surface area contributed by atoms with Crippen molar-refractivity contribution in [2.24, 2.45) is 0 Å². The molecule has 1 N–H and O–H groups in total. The van der Waals surface area contributed by atoms with Crippen molar-refractivity contribution in [2.75, 3.05) is 6.61 Å². The molecule has 36 heavy (non-hydrogen) atoms. The third-order valence-corrected chi connectivity index (χ3v) is 3.70. The van der Waals surface area contributed by atoms with E-state index in [4.69, 9.17) is 5.11 Å². The molecule has 214 valence electrons. The molecule has 0 fully saturated rings. The molecular weight excluding hydrogens is 584 g/mol. The van der Waals surface area contributed by atoms with Gasteiger partial charge in [0.15, 0.2) is 12.4 Å². The van der Waals surface area contributed by atoms with Crippen LogP contribution in [-0.2, 0) is 9.53 Å². The first-order valence-corrected chi connectivity index (χ1v) is 7.63. The van der Waals surface area contributed by atoms with Crippen LogP contribution in [0.25, 0.3) is 0 Å². The fourth-order valence-electron chi connectivity index (χ4n) is 1.80. The standard InChI is InChI=1S/C13H4F20O3/c14-3(1-5(15,16)17)6(18,19)7(20,21)8(22,23)9(24,25)10(26,27)11(28,29)12(30,31)13(32,33)36-2-4(34)35/h1H,2H2,(H,34,35). The topological polar surface area (TPSA) is 46.5 Å². The maximum Gasteiger partial charge on any atom is 0.426 e. The Hall–Kier alpha value is -2.23. The van der Waals surface area contributed by atoms with E-state index in [0.29, 0.717) is 0 Å². The summed E-state index contributed by atoms with van der Waals surface area (Å²) in [5, 5.41) is 7.90. The lowest BCUT2D eigenvalue weighted by atomic mass is 9.88. The number of alkyl halides is 19. The molecule has 0 aromatic carbocycles. The summed E-state index contributed by atoms with van der Waals surface area (Å²) in [4.78, 5) is 9.94. The molecule has 0 saturated carbocycles. The summed E-state index contributed by atoms with van der Waals surface area (Å²) in [5.41, 5.74) is 0. The van der Waals surface area contributed by atoms with Gasteiger partial charge in [0.05, 0.1) is 6.08 Å². The van der Waals surface area contributed by atoms with Crippen LogP contribution in [-0.4, -0.2) is 71.4 Å². The Balaban J connectivity index is 6.88. The number of carboxylic acids is 1. The number of ether oxygens (including phenoxy) is 1. The van der Waals surface area contributed by atoms with Crippen molar-refractivity contribution in [1.82, 2.24) is 0 Å². The number of halogens is 20. The maximum atomic E-state index is 13.5. The molecule has 0 rings (SSSR count). The van der Waals surface area contributed by atoms with Crippen LogP contribution in [0.3, 0.4) is 0 Å². The van der Waals surface area contributed by atoms with Crippen LogP contribution in [0.15, 0.2) is 11.9 Å². The van der Waals surface area contributed by atoms with Gasteiger partial charge in [-0.3, -0.25) is 0 Å². The number of carboxylic acid groups (broad SMARTS) is 1. The molecule has 3 nitrogen and oxygen atoms in total. The van der Waals surface area contributed by atoms with Gasteiger partial charge in [-0.25, -0.2) is 9.18 Å². The summed E-state index contributed by atoms with van der Waals surface area (Å²) >= 11 is 0. The lowest BCUT2D eigenvalue weighted by Crippen LogP contribution is -2.75. The summed E-state index contributed by atoms with van der Waals surface area (Å²) in [5.74, 6) is -67.8. The molecular formula is C13H4F20O3. The second-order valence-electron chi connectivity index (χ2n) is 6.25. The van der Waals surface area contributed by atoms with E-state index in [-0.39, 0.29) is 0 Å². The van der Waals surface area contributed by atoms with E-state index in [0.717, 1.165) is 0 Å². The van der Waals surface area contributed by atoms with E-state index in [1.54, 1.807) is 0 Å². The van der Waals surface area contributed by atoms with Gasteiger partial charge in [-0.2, -0.15) is 83.4 Å². The Bertz CT molecular complexity index is 853. The molecule has 0 radical (unpaired) electrons. The minimum atomic E-state index is -9.01. The fraction of sp³-hybridized carbons (Fsp3) is 0.769. The summed E-state index contributed by atoms with van der Waals surface area (Å²) in [6.07, 6.45) is -16.3. The van der Waals surface area contributed by atoms with Gasteiger partial charge in [-0.05, 0) is 0 Å². The van der Waals surface area contributed by atoms with E-state index in [2.05, 4.69) is 4.74 Å². The van der Waals surface area contributed by atoms with E-state index < -0.39 is 78.2 Å². The Labute approximate surface area is 182 Å². The average Bonchev–Trinajstić information content (AvgIpc) is 2.63. The lowest BCUT2D eigenvalue weighted by molar-refractivity contribution is -0.471. The number of rotatable bonds is 11. The number of allylic oxidation sites excluding steroid dienone is 2. The molecule has 23 heteroatoms. The van der Waals surface area contributed by atoms with Gasteiger partial charge < -0.3 is 9.84 Å². The second kappa shape index (κ2) is 8.96. The molecule has 0 aliphatic carbocycles. The highest BCUT2D eigenvalue weighted by molar-refractivity contribution is 5.68. The normalized spacial score (nSPS) is 16.4. The van der Waals surface area contributed by atoms with Crippen molar-refractivity contribution in [3.8, 4) is 0 Å². The average molecular weight is 588 g/mol. The van der Waals surface area contributed by atoms with Crippen LogP contribution in [0.5, 0.6) is 0 Å². The smallest absolute Gasteiger partial charge is 0.426 e.